The molecule has 0 fully saturated rings. The van der Waals surface area contributed by atoms with Gasteiger partial charge in [0.1, 0.15) is 12.6 Å². The fourth-order valence-electron chi connectivity index (χ4n) is 4.03. The normalized spacial score (nSPS) is 12.9. The van der Waals surface area contributed by atoms with Gasteiger partial charge in [0.25, 0.3) is 10.0 Å². The van der Waals surface area contributed by atoms with Gasteiger partial charge in [-0.2, -0.15) is 0 Å². The minimum absolute atomic E-state index is 0.0616. The molecule has 39 heavy (non-hydrogen) atoms. The molecule has 3 aromatic rings. The molecule has 3 aromatic carbocycles. The highest BCUT2D eigenvalue weighted by Gasteiger charge is 2.32. The van der Waals surface area contributed by atoms with Gasteiger partial charge < -0.3 is 10.2 Å². The largest absolute Gasteiger partial charge is 0.352 e. The number of halogens is 1. The van der Waals surface area contributed by atoms with Crippen LogP contribution in [0.2, 0.25) is 0 Å². The summed E-state index contributed by atoms with van der Waals surface area (Å²) in [6.45, 7) is 8.95. The molecule has 0 aliphatic heterocycles. The van der Waals surface area contributed by atoms with Gasteiger partial charge in [-0.15, -0.1) is 0 Å². The predicted molar refractivity (Wildman–Crippen MR) is 159 cm³/mol. The topological polar surface area (TPSA) is 86.8 Å². The molecule has 208 valence electrons. The van der Waals surface area contributed by atoms with Crippen LogP contribution in [0.1, 0.15) is 43.9 Å². The lowest BCUT2D eigenvalue weighted by Gasteiger charge is -2.32. The lowest BCUT2D eigenvalue weighted by Crippen LogP contribution is -2.52. The van der Waals surface area contributed by atoms with E-state index in [0.717, 1.165) is 31.9 Å². The molecule has 2 unspecified atom stereocenters. The van der Waals surface area contributed by atoms with Crippen LogP contribution in [0.4, 0.5) is 5.69 Å². The molecule has 0 radical (unpaired) electrons. The molecule has 3 rings (SSSR count). The molecule has 7 nitrogen and oxygen atoms in total. The van der Waals surface area contributed by atoms with Gasteiger partial charge in [-0.05, 0) is 81.6 Å². The summed E-state index contributed by atoms with van der Waals surface area (Å²) < 4.78 is 29.7. The van der Waals surface area contributed by atoms with Crippen molar-refractivity contribution in [2.45, 2.75) is 64.6 Å². The average molecular weight is 615 g/mol. The number of anilines is 1. The molecule has 1 N–H and O–H groups in total. The summed E-state index contributed by atoms with van der Waals surface area (Å²) in [4.78, 5) is 28.6. The smallest absolute Gasteiger partial charge is 0.264 e. The molecule has 0 saturated heterocycles. The van der Waals surface area contributed by atoms with Gasteiger partial charge in [0.2, 0.25) is 11.8 Å². The van der Waals surface area contributed by atoms with Crippen molar-refractivity contribution in [3.63, 3.8) is 0 Å². The number of hydrogen-bond donors (Lipinski definition) is 1. The highest BCUT2D eigenvalue weighted by atomic mass is 79.9. The lowest BCUT2D eigenvalue weighted by molar-refractivity contribution is -0.139. The maximum absolute atomic E-state index is 14.0. The molecular formula is C30H36BrN3O4S. The number of nitrogens with zero attached hydrogens (tertiary/aromatic N) is 2. The van der Waals surface area contributed by atoms with Gasteiger partial charge in [-0.3, -0.25) is 13.9 Å². The lowest BCUT2D eigenvalue weighted by atomic mass is 10.1. The quantitative estimate of drug-likeness (QED) is 0.305. The second-order valence-corrected chi connectivity index (χ2v) is 12.6. The number of rotatable bonds is 11. The number of carbonyl (C=O) groups excluding carboxylic acids is 2. The molecule has 0 aliphatic carbocycles. The molecule has 0 aromatic heterocycles. The third kappa shape index (κ3) is 7.92. The van der Waals surface area contributed by atoms with Crippen molar-refractivity contribution in [1.29, 1.82) is 0 Å². The van der Waals surface area contributed by atoms with E-state index in [9.17, 15) is 18.0 Å². The van der Waals surface area contributed by atoms with E-state index in [-0.39, 0.29) is 23.4 Å². The molecule has 9 heteroatoms. The average Bonchev–Trinajstić information content (AvgIpc) is 2.89. The molecule has 0 aliphatic rings. The Morgan fingerprint density at radius 3 is 2.21 bits per heavy atom. The van der Waals surface area contributed by atoms with Crippen molar-refractivity contribution >= 4 is 43.5 Å². The van der Waals surface area contributed by atoms with Crippen LogP contribution in [0.3, 0.4) is 0 Å². The molecule has 0 heterocycles. The minimum atomic E-state index is -4.09. The molecule has 0 saturated carbocycles. The van der Waals surface area contributed by atoms with Crippen molar-refractivity contribution < 1.29 is 18.0 Å². The van der Waals surface area contributed by atoms with E-state index in [4.69, 9.17) is 0 Å². The van der Waals surface area contributed by atoms with Crippen molar-refractivity contribution in [2.75, 3.05) is 10.8 Å². The third-order valence-electron chi connectivity index (χ3n) is 6.59. The Labute approximate surface area is 240 Å². The fraction of sp³-hybridized carbons (Fsp3) is 0.333. The number of nitrogens with one attached hydrogen (secondary N) is 1. The highest BCUT2D eigenvalue weighted by Crippen LogP contribution is 2.26. The SMILES string of the molecule is CCC(C)NC(=O)C(C)N(Cc1cccc(Br)c1)C(=O)CN(c1cccc(C)c1)S(=O)(=O)c1ccc(C)cc1. The Morgan fingerprint density at radius 2 is 1.59 bits per heavy atom. The summed E-state index contributed by atoms with van der Waals surface area (Å²) in [5.41, 5.74) is 2.97. The van der Waals surface area contributed by atoms with Crippen LogP contribution in [0, 0.1) is 13.8 Å². The van der Waals surface area contributed by atoms with Gasteiger partial charge in [0, 0.05) is 17.1 Å². The molecule has 0 bridgehead atoms. The van der Waals surface area contributed by atoms with Crippen molar-refractivity contribution in [3.8, 4) is 0 Å². The van der Waals surface area contributed by atoms with E-state index in [1.54, 1.807) is 49.4 Å². The number of aryl methyl sites for hydroxylation is 2. The Morgan fingerprint density at radius 1 is 0.923 bits per heavy atom. The Kier molecular flexibility index (Phi) is 10.3. The van der Waals surface area contributed by atoms with Crippen LogP contribution in [0.15, 0.2) is 82.2 Å². The fourth-order valence-corrected chi connectivity index (χ4v) is 5.88. The first-order valence-corrected chi connectivity index (χ1v) is 15.2. The first-order valence-electron chi connectivity index (χ1n) is 12.9. The molecular weight excluding hydrogens is 578 g/mol. The number of sulfonamides is 1. The summed E-state index contributed by atoms with van der Waals surface area (Å²) in [6.07, 6.45) is 0.744. The van der Waals surface area contributed by atoms with Crippen LogP contribution in [0.25, 0.3) is 0 Å². The number of hydrogen-bond acceptors (Lipinski definition) is 4. The maximum atomic E-state index is 14.0. The van der Waals surface area contributed by atoms with E-state index in [0.29, 0.717) is 5.69 Å². The second kappa shape index (κ2) is 13.3. The van der Waals surface area contributed by atoms with E-state index < -0.39 is 28.5 Å². The van der Waals surface area contributed by atoms with Crippen LogP contribution in [-0.2, 0) is 26.2 Å². The van der Waals surface area contributed by atoms with E-state index in [1.807, 2.05) is 58.0 Å². The van der Waals surface area contributed by atoms with Crippen LogP contribution >= 0.6 is 15.9 Å². The minimum Gasteiger partial charge on any atom is -0.352 e. The zero-order chi connectivity index (χ0) is 28.7. The van der Waals surface area contributed by atoms with E-state index in [1.165, 1.54) is 4.90 Å². The van der Waals surface area contributed by atoms with E-state index in [2.05, 4.69) is 21.2 Å². The molecule has 2 amide bonds. The van der Waals surface area contributed by atoms with Crippen LogP contribution < -0.4 is 9.62 Å². The maximum Gasteiger partial charge on any atom is 0.264 e. The van der Waals surface area contributed by atoms with Gasteiger partial charge in [0.15, 0.2) is 0 Å². The third-order valence-corrected chi connectivity index (χ3v) is 8.87. The summed E-state index contributed by atoms with van der Waals surface area (Å²) in [7, 11) is -4.09. The summed E-state index contributed by atoms with van der Waals surface area (Å²) in [5, 5.41) is 2.94. The summed E-state index contributed by atoms with van der Waals surface area (Å²) in [6, 6.07) is 20.1. The van der Waals surface area contributed by atoms with Crippen molar-refractivity contribution in [3.05, 3.63) is 94.0 Å². The zero-order valence-corrected chi connectivity index (χ0v) is 25.4. The first kappa shape index (κ1) is 30.4. The Balaban J connectivity index is 2.03. The van der Waals surface area contributed by atoms with Gasteiger partial charge in [0.05, 0.1) is 10.6 Å². The van der Waals surface area contributed by atoms with Crippen molar-refractivity contribution in [1.82, 2.24) is 10.2 Å². The predicted octanol–water partition coefficient (Wildman–Crippen LogP) is 5.59. The Bertz CT molecular complexity index is 1410. The molecule has 2 atom stereocenters. The first-order chi connectivity index (χ1) is 18.4. The number of benzene rings is 3. The standard InChI is InChI=1S/C30H36BrN3O4S/c1-6-23(4)32-30(36)24(5)33(19-25-10-8-11-26(31)18-25)29(35)20-34(27-12-7-9-22(3)17-27)39(37,38)28-15-13-21(2)14-16-28/h7-18,23-24H,6,19-20H2,1-5H3,(H,32,36). The number of amides is 2. The van der Waals surface area contributed by atoms with Gasteiger partial charge >= 0.3 is 0 Å². The molecule has 0 spiro atoms. The zero-order valence-electron chi connectivity index (χ0n) is 23.0. The Hall–Kier alpha value is -3.17. The number of carbonyl (C=O) groups is 2. The van der Waals surface area contributed by atoms with Crippen LogP contribution in [0.5, 0.6) is 0 Å². The highest BCUT2D eigenvalue weighted by molar-refractivity contribution is 9.10. The monoisotopic (exact) mass is 613 g/mol. The van der Waals surface area contributed by atoms with Crippen LogP contribution in [-0.4, -0.2) is 43.8 Å². The van der Waals surface area contributed by atoms with Gasteiger partial charge in [-0.25, -0.2) is 8.42 Å². The second-order valence-electron chi connectivity index (χ2n) is 9.81. The summed E-state index contributed by atoms with van der Waals surface area (Å²) in [5.74, 6) is -0.782. The van der Waals surface area contributed by atoms with Gasteiger partial charge in [-0.1, -0.05) is 64.8 Å². The summed E-state index contributed by atoms with van der Waals surface area (Å²) >= 11 is 3.46. The van der Waals surface area contributed by atoms with Crippen molar-refractivity contribution in [2.24, 2.45) is 0 Å². The van der Waals surface area contributed by atoms with E-state index >= 15 is 0 Å².